The van der Waals surface area contributed by atoms with E-state index in [4.69, 9.17) is 4.74 Å². The first kappa shape index (κ1) is 16.9. The quantitative estimate of drug-likeness (QED) is 0.871. The Morgan fingerprint density at radius 1 is 1.10 bits per heavy atom. The summed E-state index contributed by atoms with van der Waals surface area (Å²) in [5.74, 6) is -0.431. The number of rotatable bonds is 5. The van der Waals surface area contributed by atoms with Crippen LogP contribution in [0.2, 0.25) is 0 Å². The molecule has 0 heterocycles. The van der Waals surface area contributed by atoms with E-state index >= 15 is 0 Å². The van der Waals surface area contributed by atoms with E-state index in [0.29, 0.717) is 11.3 Å². The van der Waals surface area contributed by atoms with Crippen molar-refractivity contribution >= 4 is 0 Å². The van der Waals surface area contributed by atoms with Crippen LogP contribution in [0.25, 0.3) is 0 Å². The van der Waals surface area contributed by atoms with Crippen molar-refractivity contribution in [2.45, 2.75) is 58.7 Å². The van der Waals surface area contributed by atoms with Gasteiger partial charge in [0.15, 0.2) is 0 Å². The Hall–Kier alpha value is -1.16. The molecule has 1 aromatic carbocycles. The maximum atomic E-state index is 13.0. The lowest BCUT2D eigenvalue weighted by atomic mass is 9.81. The van der Waals surface area contributed by atoms with Crippen molar-refractivity contribution in [1.29, 1.82) is 0 Å². The van der Waals surface area contributed by atoms with E-state index < -0.39 is 17.9 Å². The van der Waals surface area contributed by atoms with Gasteiger partial charge in [-0.1, -0.05) is 19.1 Å². The number of alkyl halides is 2. The summed E-state index contributed by atoms with van der Waals surface area (Å²) in [6, 6.07) is 6.69. The van der Waals surface area contributed by atoms with Crippen LogP contribution in [-0.4, -0.2) is 17.1 Å². The van der Waals surface area contributed by atoms with Crippen LogP contribution in [0.3, 0.4) is 0 Å². The van der Waals surface area contributed by atoms with E-state index in [-0.39, 0.29) is 12.0 Å². The van der Waals surface area contributed by atoms with E-state index in [9.17, 15) is 13.9 Å². The zero-order valence-electron chi connectivity index (χ0n) is 12.8. The van der Waals surface area contributed by atoms with Gasteiger partial charge in [0.05, 0.1) is 11.5 Å². The molecule has 0 radical (unpaired) electrons. The second kappa shape index (κ2) is 6.08. The van der Waals surface area contributed by atoms with Gasteiger partial charge in [-0.25, -0.2) is 8.78 Å². The zero-order valence-corrected chi connectivity index (χ0v) is 12.8. The van der Waals surface area contributed by atoms with Gasteiger partial charge in [-0.3, -0.25) is 0 Å². The Kier molecular flexibility index (Phi) is 5.14. The molecule has 114 valence electrons. The molecule has 0 spiro atoms. The number of hydrogen-bond donors (Lipinski definition) is 1. The molecule has 20 heavy (non-hydrogen) atoms. The molecular formula is C16H24F2O2. The van der Waals surface area contributed by atoms with Gasteiger partial charge in [0.25, 0.3) is 0 Å². The number of benzene rings is 1. The monoisotopic (exact) mass is 286 g/mol. The highest BCUT2D eigenvalue weighted by Crippen LogP contribution is 2.36. The average molecular weight is 286 g/mol. The Morgan fingerprint density at radius 3 is 1.95 bits per heavy atom. The van der Waals surface area contributed by atoms with E-state index in [0.717, 1.165) is 0 Å². The molecule has 0 saturated carbocycles. The predicted octanol–water partition coefficient (Wildman–Crippen LogP) is 4.36. The molecule has 1 N–H and O–H groups in total. The third-order valence-corrected chi connectivity index (χ3v) is 3.33. The van der Waals surface area contributed by atoms with Crippen molar-refractivity contribution in [3.63, 3.8) is 0 Å². The first-order chi connectivity index (χ1) is 9.08. The summed E-state index contributed by atoms with van der Waals surface area (Å²) in [6.07, 6.45) is -2.34. The standard InChI is InChI=1S/C16H24F2O2/c1-6-13(14(17)18)16(5,19)11-7-9-12(10-8-11)20-15(2,3)4/h7-10,13-14,19H,6H2,1-5H3. The van der Waals surface area contributed by atoms with Gasteiger partial charge in [-0.05, 0) is 51.8 Å². The Balaban J connectivity index is 2.97. The minimum Gasteiger partial charge on any atom is -0.488 e. The molecule has 4 heteroatoms. The highest BCUT2D eigenvalue weighted by molar-refractivity contribution is 5.31. The van der Waals surface area contributed by atoms with Crippen LogP contribution in [0.1, 0.15) is 46.6 Å². The number of halogens is 2. The summed E-state index contributed by atoms with van der Waals surface area (Å²) in [7, 11) is 0. The van der Waals surface area contributed by atoms with Gasteiger partial charge in [-0.15, -0.1) is 0 Å². The predicted molar refractivity (Wildman–Crippen MR) is 76.2 cm³/mol. The highest BCUT2D eigenvalue weighted by Gasteiger charge is 2.38. The molecule has 2 nitrogen and oxygen atoms in total. The Labute approximate surface area is 119 Å². The molecule has 0 aliphatic rings. The lowest BCUT2D eigenvalue weighted by molar-refractivity contribution is -0.0798. The smallest absolute Gasteiger partial charge is 0.244 e. The van der Waals surface area contributed by atoms with Gasteiger partial charge < -0.3 is 9.84 Å². The van der Waals surface area contributed by atoms with Crippen LogP contribution in [0, 0.1) is 5.92 Å². The van der Waals surface area contributed by atoms with Crippen molar-refractivity contribution in [2.75, 3.05) is 0 Å². The van der Waals surface area contributed by atoms with Gasteiger partial charge in [0.2, 0.25) is 6.43 Å². The van der Waals surface area contributed by atoms with Crippen molar-refractivity contribution in [1.82, 2.24) is 0 Å². The molecule has 2 atom stereocenters. The van der Waals surface area contributed by atoms with Crippen LogP contribution >= 0.6 is 0 Å². The summed E-state index contributed by atoms with van der Waals surface area (Å²) < 4.78 is 31.7. The molecule has 0 aromatic heterocycles. The average Bonchev–Trinajstić information content (AvgIpc) is 2.27. The molecule has 0 aliphatic heterocycles. The zero-order chi connectivity index (χ0) is 15.6. The second-order valence-corrected chi connectivity index (χ2v) is 6.24. The molecule has 2 unspecified atom stereocenters. The largest absolute Gasteiger partial charge is 0.488 e. The van der Waals surface area contributed by atoms with Crippen LogP contribution in [0.15, 0.2) is 24.3 Å². The second-order valence-electron chi connectivity index (χ2n) is 6.24. The first-order valence-corrected chi connectivity index (χ1v) is 6.88. The fourth-order valence-electron chi connectivity index (χ4n) is 2.25. The van der Waals surface area contributed by atoms with Crippen LogP contribution in [0.4, 0.5) is 8.78 Å². The maximum absolute atomic E-state index is 13.0. The van der Waals surface area contributed by atoms with Gasteiger partial charge in [0.1, 0.15) is 11.4 Å². The maximum Gasteiger partial charge on any atom is 0.244 e. The minimum atomic E-state index is -2.56. The van der Waals surface area contributed by atoms with Crippen LogP contribution in [-0.2, 0) is 5.60 Å². The summed E-state index contributed by atoms with van der Waals surface area (Å²) in [5, 5.41) is 10.4. The molecular weight excluding hydrogens is 262 g/mol. The molecule has 0 bridgehead atoms. The third kappa shape index (κ3) is 4.17. The summed E-state index contributed by atoms with van der Waals surface area (Å²) >= 11 is 0. The fraction of sp³-hybridized carbons (Fsp3) is 0.625. The first-order valence-electron chi connectivity index (χ1n) is 6.88. The number of ether oxygens (including phenoxy) is 1. The molecule has 0 saturated heterocycles. The van der Waals surface area contributed by atoms with Crippen molar-refractivity contribution < 1.29 is 18.6 Å². The molecule has 1 rings (SSSR count). The van der Waals surface area contributed by atoms with Gasteiger partial charge >= 0.3 is 0 Å². The Morgan fingerprint density at radius 2 is 1.60 bits per heavy atom. The topological polar surface area (TPSA) is 29.5 Å². The lowest BCUT2D eigenvalue weighted by Gasteiger charge is -2.32. The Bertz CT molecular complexity index is 419. The minimum absolute atomic E-state index is 0.213. The highest BCUT2D eigenvalue weighted by atomic mass is 19.3. The molecule has 1 aromatic rings. The lowest BCUT2D eigenvalue weighted by Crippen LogP contribution is -2.36. The number of hydrogen-bond acceptors (Lipinski definition) is 2. The van der Waals surface area contributed by atoms with E-state index in [2.05, 4.69) is 0 Å². The van der Waals surface area contributed by atoms with Gasteiger partial charge in [-0.2, -0.15) is 0 Å². The molecule has 0 aliphatic carbocycles. The SMILES string of the molecule is CCC(C(F)F)C(C)(O)c1ccc(OC(C)(C)C)cc1. The fourth-order valence-corrected chi connectivity index (χ4v) is 2.25. The van der Waals surface area contributed by atoms with Crippen molar-refractivity contribution in [3.05, 3.63) is 29.8 Å². The number of aliphatic hydroxyl groups is 1. The van der Waals surface area contributed by atoms with Crippen LogP contribution in [0.5, 0.6) is 5.75 Å². The van der Waals surface area contributed by atoms with E-state index in [1.54, 1.807) is 31.2 Å². The summed E-state index contributed by atoms with van der Waals surface area (Å²) in [6.45, 7) is 8.89. The third-order valence-electron chi connectivity index (χ3n) is 3.33. The van der Waals surface area contributed by atoms with Crippen molar-refractivity contribution in [2.24, 2.45) is 5.92 Å². The molecule has 0 fully saturated rings. The van der Waals surface area contributed by atoms with Gasteiger partial charge in [0, 0.05) is 0 Å². The molecule has 0 amide bonds. The van der Waals surface area contributed by atoms with Crippen LogP contribution < -0.4 is 4.74 Å². The normalized spacial score (nSPS) is 16.9. The van der Waals surface area contributed by atoms with E-state index in [1.807, 2.05) is 20.8 Å². The summed E-state index contributed by atoms with van der Waals surface area (Å²) in [5.41, 5.74) is -1.40. The van der Waals surface area contributed by atoms with Crippen molar-refractivity contribution in [3.8, 4) is 5.75 Å². The summed E-state index contributed by atoms with van der Waals surface area (Å²) in [4.78, 5) is 0. The van der Waals surface area contributed by atoms with E-state index in [1.165, 1.54) is 6.92 Å².